The van der Waals surface area contributed by atoms with Crippen LogP contribution in [0.3, 0.4) is 0 Å². The Balaban J connectivity index is 1.99. The van der Waals surface area contributed by atoms with Gasteiger partial charge in [-0.3, -0.25) is 0 Å². The lowest BCUT2D eigenvalue weighted by molar-refractivity contribution is -0.136. The van der Waals surface area contributed by atoms with Crippen LogP contribution in [-0.4, -0.2) is 12.6 Å². The van der Waals surface area contributed by atoms with Gasteiger partial charge in [-0.25, -0.2) is 4.79 Å². The van der Waals surface area contributed by atoms with Gasteiger partial charge in [0.25, 0.3) is 0 Å². The van der Waals surface area contributed by atoms with Gasteiger partial charge in [-0.2, -0.15) is 0 Å². The highest BCUT2D eigenvalue weighted by molar-refractivity contribution is 9.10. The van der Waals surface area contributed by atoms with E-state index in [4.69, 9.17) is 9.47 Å². The van der Waals surface area contributed by atoms with Crippen LogP contribution in [-0.2, 0) is 10.2 Å². The Labute approximate surface area is 139 Å². The van der Waals surface area contributed by atoms with Crippen LogP contribution in [0.5, 0.6) is 11.5 Å². The largest absolute Gasteiger partial charge is 0.482 e. The summed E-state index contributed by atoms with van der Waals surface area (Å²) >= 11 is 3.35. The topological polar surface area (TPSA) is 35.5 Å². The molecule has 0 N–H and O–H groups in total. The Morgan fingerprint density at radius 3 is 2.32 bits per heavy atom. The quantitative estimate of drug-likeness (QED) is 0.582. The number of carbonyl (C=O) groups is 1. The second-order valence-electron chi connectivity index (χ2n) is 5.96. The Hall–Kier alpha value is -1.81. The summed E-state index contributed by atoms with van der Waals surface area (Å²) in [6.07, 6.45) is 0. The lowest BCUT2D eigenvalue weighted by atomic mass is 9.86. The lowest BCUT2D eigenvalue weighted by Gasteiger charge is -2.22. The maximum Gasteiger partial charge on any atom is 0.349 e. The van der Waals surface area contributed by atoms with E-state index in [1.54, 1.807) is 18.2 Å². The molecule has 0 saturated heterocycles. The van der Waals surface area contributed by atoms with E-state index in [0.29, 0.717) is 11.5 Å². The lowest BCUT2D eigenvalue weighted by Crippen LogP contribution is -2.20. The van der Waals surface area contributed by atoms with Crippen molar-refractivity contribution < 1.29 is 14.3 Å². The average molecular weight is 363 g/mol. The summed E-state index contributed by atoms with van der Waals surface area (Å²) in [6.45, 7) is 6.12. The fraction of sp³-hybridized carbons (Fsp3) is 0.278. The van der Waals surface area contributed by atoms with Gasteiger partial charge >= 0.3 is 5.97 Å². The molecule has 4 heteroatoms. The molecule has 0 aliphatic carbocycles. The van der Waals surface area contributed by atoms with E-state index < -0.39 is 5.97 Å². The maximum absolute atomic E-state index is 12.0. The molecule has 0 aliphatic heterocycles. The number of rotatable bonds is 4. The number of esters is 1. The van der Waals surface area contributed by atoms with Crippen molar-refractivity contribution in [2.24, 2.45) is 0 Å². The van der Waals surface area contributed by atoms with Gasteiger partial charge < -0.3 is 9.47 Å². The predicted molar refractivity (Wildman–Crippen MR) is 90.4 cm³/mol. The number of carbonyl (C=O) groups excluding carboxylic acids is 1. The van der Waals surface area contributed by atoms with E-state index in [2.05, 4.69) is 36.7 Å². The van der Waals surface area contributed by atoms with Crippen LogP contribution in [0.2, 0.25) is 0 Å². The minimum atomic E-state index is -0.417. The molecule has 0 amide bonds. The molecule has 0 aliphatic rings. The van der Waals surface area contributed by atoms with Gasteiger partial charge in [0, 0.05) is 10.0 Å². The number of ether oxygens (including phenoxy) is 2. The first-order chi connectivity index (χ1) is 10.4. The van der Waals surface area contributed by atoms with Crippen LogP contribution in [0.1, 0.15) is 26.3 Å². The molecule has 0 heterocycles. The van der Waals surface area contributed by atoms with Gasteiger partial charge in [0.05, 0.1) is 0 Å². The third kappa shape index (κ3) is 4.60. The van der Waals surface area contributed by atoms with Gasteiger partial charge in [-0.05, 0) is 35.7 Å². The first-order valence-electron chi connectivity index (χ1n) is 7.05. The Kier molecular flexibility index (Phi) is 5.24. The molecule has 0 saturated carbocycles. The molecule has 0 fully saturated rings. The smallest absolute Gasteiger partial charge is 0.349 e. The molecular formula is C18H19BrO3. The fourth-order valence-electron chi connectivity index (χ4n) is 2.00. The fourth-order valence-corrected chi connectivity index (χ4v) is 2.26. The summed E-state index contributed by atoms with van der Waals surface area (Å²) in [5.74, 6) is 0.795. The first-order valence-corrected chi connectivity index (χ1v) is 7.84. The predicted octanol–water partition coefficient (Wildman–Crippen LogP) is 4.73. The maximum atomic E-state index is 12.0. The van der Waals surface area contributed by atoms with E-state index in [1.807, 2.05) is 30.3 Å². The van der Waals surface area contributed by atoms with Gasteiger partial charge in [0.1, 0.15) is 11.5 Å². The molecule has 0 bridgehead atoms. The van der Waals surface area contributed by atoms with Gasteiger partial charge in [-0.15, -0.1) is 0 Å². The number of hydrogen-bond acceptors (Lipinski definition) is 3. The van der Waals surface area contributed by atoms with Crippen LogP contribution in [0, 0.1) is 0 Å². The van der Waals surface area contributed by atoms with Crippen molar-refractivity contribution in [2.75, 3.05) is 6.61 Å². The number of para-hydroxylation sites is 1. The molecule has 2 aromatic rings. The molecule has 0 radical (unpaired) electrons. The van der Waals surface area contributed by atoms with Gasteiger partial charge in [0.15, 0.2) is 6.61 Å². The zero-order valence-corrected chi connectivity index (χ0v) is 14.5. The normalized spacial score (nSPS) is 11.1. The number of benzene rings is 2. The van der Waals surface area contributed by atoms with Crippen LogP contribution in [0.4, 0.5) is 0 Å². The summed E-state index contributed by atoms with van der Waals surface area (Å²) < 4.78 is 11.8. The SMILES string of the molecule is CC(C)(C)c1ccccc1OC(=O)COc1ccc(Br)cc1. The molecule has 116 valence electrons. The second kappa shape index (κ2) is 6.97. The number of hydrogen-bond donors (Lipinski definition) is 0. The van der Waals surface area contributed by atoms with Crippen molar-refractivity contribution in [3.05, 3.63) is 58.6 Å². The summed E-state index contributed by atoms with van der Waals surface area (Å²) in [6, 6.07) is 14.9. The minimum Gasteiger partial charge on any atom is -0.482 e. The van der Waals surface area contributed by atoms with Crippen molar-refractivity contribution >= 4 is 21.9 Å². The van der Waals surface area contributed by atoms with Gasteiger partial charge in [-0.1, -0.05) is 54.9 Å². The zero-order chi connectivity index (χ0) is 16.2. The van der Waals surface area contributed by atoms with Crippen LogP contribution >= 0.6 is 15.9 Å². The van der Waals surface area contributed by atoms with Crippen LogP contribution in [0.25, 0.3) is 0 Å². The molecular weight excluding hydrogens is 344 g/mol. The highest BCUT2D eigenvalue weighted by atomic mass is 79.9. The Bertz CT molecular complexity index is 642. The molecule has 0 unspecified atom stereocenters. The standard InChI is InChI=1S/C18H19BrO3/c1-18(2,3)15-6-4-5-7-16(15)22-17(20)12-21-14-10-8-13(19)9-11-14/h4-11H,12H2,1-3H3. The Morgan fingerprint density at radius 1 is 1.05 bits per heavy atom. The molecule has 3 nitrogen and oxygen atoms in total. The van der Waals surface area contributed by atoms with Crippen molar-refractivity contribution in [3.63, 3.8) is 0 Å². The molecule has 0 spiro atoms. The van der Waals surface area contributed by atoms with Crippen molar-refractivity contribution in [2.45, 2.75) is 26.2 Å². The Morgan fingerprint density at radius 2 is 1.68 bits per heavy atom. The molecule has 0 atom stereocenters. The van der Waals surface area contributed by atoms with Crippen LogP contribution < -0.4 is 9.47 Å². The van der Waals surface area contributed by atoms with E-state index >= 15 is 0 Å². The molecule has 0 aromatic heterocycles. The summed E-state index contributed by atoms with van der Waals surface area (Å²) in [5, 5.41) is 0. The minimum absolute atomic E-state index is 0.0938. The van der Waals surface area contributed by atoms with Crippen molar-refractivity contribution in [1.29, 1.82) is 0 Å². The van der Waals surface area contributed by atoms with E-state index in [-0.39, 0.29) is 12.0 Å². The molecule has 22 heavy (non-hydrogen) atoms. The average Bonchev–Trinajstić information content (AvgIpc) is 2.46. The summed E-state index contributed by atoms with van der Waals surface area (Å²) in [7, 11) is 0. The van der Waals surface area contributed by atoms with Crippen molar-refractivity contribution in [1.82, 2.24) is 0 Å². The van der Waals surface area contributed by atoms with Crippen LogP contribution in [0.15, 0.2) is 53.0 Å². The van der Waals surface area contributed by atoms with E-state index in [1.165, 1.54) is 0 Å². The number of halogens is 1. The van der Waals surface area contributed by atoms with E-state index in [9.17, 15) is 4.79 Å². The summed E-state index contributed by atoms with van der Waals surface area (Å²) in [4.78, 5) is 12.0. The zero-order valence-electron chi connectivity index (χ0n) is 12.9. The summed E-state index contributed by atoms with van der Waals surface area (Å²) in [5.41, 5.74) is 0.899. The van der Waals surface area contributed by atoms with E-state index in [0.717, 1.165) is 10.0 Å². The molecule has 2 aromatic carbocycles. The van der Waals surface area contributed by atoms with Crippen molar-refractivity contribution in [3.8, 4) is 11.5 Å². The third-order valence-electron chi connectivity index (χ3n) is 3.09. The third-order valence-corrected chi connectivity index (χ3v) is 3.62. The second-order valence-corrected chi connectivity index (χ2v) is 6.88. The first kappa shape index (κ1) is 16.6. The highest BCUT2D eigenvalue weighted by Gasteiger charge is 2.20. The highest BCUT2D eigenvalue weighted by Crippen LogP contribution is 2.31. The monoisotopic (exact) mass is 362 g/mol. The molecule has 2 rings (SSSR count). The van der Waals surface area contributed by atoms with Gasteiger partial charge in [0.2, 0.25) is 0 Å².